The van der Waals surface area contributed by atoms with Crippen LogP contribution in [0.3, 0.4) is 0 Å². The van der Waals surface area contributed by atoms with Crippen LogP contribution in [0.2, 0.25) is 0 Å². The van der Waals surface area contributed by atoms with Crippen molar-refractivity contribution in [1.29, 1.82) is 0 Å². The first-order valence-electron chi connectivity index (χ1n) is 20.2. The van der Waals surface area contributed by atoms with Gasteiger partial charge < -0.3 is 5.11 Å². The molecule has 1 nitrogen and oxygen atoms in total. The van der Waals surface area contributed by atoms with Gasteiger partial charge in [-0.25, -0.2) is 0 Å². The van der Waals surface area contributed by atoms with Crippen LogP contribution in [-0.2, 0) is 0 Å². The highest BCUT2D eigenvalue weighted by molar-refractivity contribution is 5.29. The topological polar surface area (TPSA) is 20.2 Å². The summed E-state index contributed by atoms with van der Waals surface area (Å²) in [6, 6.07) is 0. The summed E-state index contributed by atoms with van der Waals surface area (Å²) in [5.74, 6) is 6.04. The molecule has 9 atom stereocenters. The normalized spacial score (nSPS) is 32.4. The first-order chi connectivity index (χ1) is 22.2. The molecular weight excluding hydrogens is 581 g/mol. The van der Waals surface area contributed by atoms with Crippen molar-refractivity contribution in [2.75, 3.05) is 0 Å². The molecule has 4 aliphatic rings. The van der Waals surface area contributed by atoms with Crippen molar-refractivity contribution in [3.8, 4) is 25.7 Å². The predicted octanol–water partition coefficient (Wildman–Crippen LogP) is 14.4. The van der Waals surface area contributed by atoms with Crippen LogP contribution in [0.25, 0.3) is 0 Å². The summed E-state index contributed by atoms with van der Waals surface area (Å²) in [6.07, 6.45) is 37.6. The van der Waals surface area contributed by atoms with Crippen LogP contribution in [-0.4, -0.2) is 11.2 Å². The highest BCUT2D eigenvalue weighted by atomic mass is 16.3. The van der Waals surface area contributed by atoms with Crippen molar-refractivity contribution < 1.29 is 5.11 Å². The molecule has 0 aliphatic heterocycles. The predicted molar refractivity (Wildman–Crippen MR) is 219 cm³/mol. The maximum absolute atomic E-state index is 10.8. The molecular formula is C47H88O. The Morgan fingerprint density at radius 1 is 0.812 bits per heavy atom. The highest BCUT2D eigenvalue weighted by Gasteiger charge is 2.61. The van der Waals surface area contributed by atoms with E-state index in [0.29, 0.717) is 22.2 Å². The molecule has 0 amide bonds. The third-order valence-electron chi connectivity index (χ3n) is 14.1. The summed E-state index contributed by atoms with van der Waals surface area (Å²) in [4.78, 5) is 0. The van der Waals surface area contributed by atoms with E-state index in [0.717, 1.165) is 41.9 Å². The fourth-order valence-corrected chi connectivity index (χ4v) is 11.0. The zero-order valence-corrected chi connectivity index (χ0v) is 34.4. The molecule has 0 aromatic heterocycles. The molecule has 48 heavy (non-hydrogen) atoms. The third kappa shape index (κ3) is 10.9. The number of hydrogen-bond acceptors (Lipinski definition) is 1. The zero-order valence-electron chi connectivity index (χ0n) is 34.4. The minimum Gasteiger partial charge on any atom is -0.392 e. The fraction of sp³-hybridized carbons (Fsp3) is 0.872. The number of hydrogen-bond donors (Lipinski definition) is 1. The minimum absolute atomic E-state index is 0. The molecule has 0 heterocycles. The fourth-order valence-electron chi connectivity index (χ4n) is 11.0. The van der Waals surface area contributed by atoms with E-state index in [9.17, 15) is 5.11 Å². The Morgan fingerprint density at radius 2 is 1.35 bits per heavy atom. The third-order valence-corrected chi connectivity index (χ3v) is 14.1. The smallest absolute Gasteiger partial charge is 0.0628 e. The highest BCUT2D eigenvalue weighted by Crippen LogP contribution is 2.69. The number of allylic oxidation sites excluding steroid dienone is 1. The molecule has 0 spiro atoms. The van der Waals surface area contributed by atoms with Crippen LogP contribution < -0.4 is 0 Å². The lowest BCUT2D eigenvalue weighted by atomic mass is 9.43. The van der Waals surface area contributed by atoms with Crippen molar-refractivity contribution in [3.63, 3.8) is 0 Å². The molecule has 0 aromatic rings. The molecule has 0 bridgehead atoms. The Labute approximate surface area is 305 Å². The van der Waals surface area contributed by atoms with Crippen LogP contribution in [0, 0.1) is 88.8 Å². The maximum atomic E-state index is 10.8. The van der Waals surface area contributed by atoms with Gasteiger partial charge in [0.1, 0.15) is 0 Å². The van der Waals surface area contributed by atoms with Gasteiger partial charge in [-0.2, -0.15) is 0 Å². The van der Waals surface area contributed by atoms with Gasteiger partial charge >= 0.3 is 0 Å². The zero-order chi connectivity index (χ0) is 36.8. The second-order valence-electron chi connectivity index (χ2n) is 17.5. The van der Waals surface area contributed by atoms with Crippen LogP contribution >= 0.6 is 0 Å². The Morgan fingerprint density at radius 3 is 1.88 bits per heavy atom. The molecule has 0 saturated heterocycles. The molecule has 1 heteroatoms. The number of aliphatic hydroxyl groups is 1. The second kappa shape index (κ2) is 21.9. The van der Waals surface area contributed by atoms with Crippen LogP contribution in [0.4, 0.5) is 0 Å². The van der Waals surface area contributed by atoms with E-state index in [1.807, 2.05) is 27.7 Å². The first kappa shape index (κ1) is 48.9. The van der Waals surface area contributed by atoms with E-state index >= 15 is 0 Å². The second-order valence-corrected chi connectivity index (χ2v) is 17.5. The van der Waals surface area contributed by atoms with Gasteiger partial charge in [0.25, 0.3) is 0 Å². The van der Waals surface area contributed by atoms with Gasteiger partial charge in [-0.05, 0) is 128 Å². The van der Waals surface area contributed by atoms with Crippen LogP contribution in [0.1, 0.15) is 194 Å². The van der Waals surface area contributed by atoms with E-state index in [1.165, 1.54) is 83.5 Å². The summed E-state index contributed by atoms with van der Waals surface area (Å²) in [6.45, 7) is 32.9. The molecule has 3 fully saturated rings. The summed E-state index contributed by atoms with van der Waals surface area (Å²) >= 11 is 0. The molecule has 4 rings (SSSR count). The van der Waals surface area contributed by atoms with E-state index in [4.69, 9.17) is 0 Å². The lowest BCUT2D eigenvalue weighted by Gasteiger charge is -2.61. The number of aliphatic hydroxyl groups excluding tert-OH is 1. The average molecular weight is 669 g/mol. The van der Waals surface area contributed by atoms with Crippen LogP contribution in [0.15, 0.2) is 11.6 Å². The quantitative estimate of drug-likeness (QED) is 0.181. The summed E-state index contributed by atoms with van der Waals surface area (Å²) < 4.78 is 0. The van der Waals surface area contributed by atoms with Gasteiger partial charge in [-0.3, -0.25) is 0 Å². The van der Waals surface area contributed by atoms with E-state index in [-0.39, 0.29) is 18.9 Å². The molecule has 4 aliphatic carbocycles. The van der Waals surface area contributed by atoms with Crippen molar-refractivity contribution in [2.45, 2.75) is 200 Å². The van der Waals surface area contributed by atoms with Crippen molar-refractivity contribution in [2.24, 2.45) is 63.1 Å². The maximum Gasteiger partial charge on any atom is 0.0628 e. The molecule has 9 unspecified atom stereocenters. The largest absolute Gasteiger partial charge is 0.392 e. The monoisotopic (exact) mass is 669 g/mol. The molecule has 3 saturated carbocycles. The molecule has 0 aromatic carbocycles. The number of terminal acetylenes is 2. The Balaban J connectivity index is 0. The van der Waals surface area contributed by atoms with Crippen LogP contribution in [0.5, 0.6) is 0 Å². The van der Waals surface area contributed by atoms with Gasteiger partial charge in [0, 0.05) is 5.41 Å². The van der Waals surface area contributed by atoms with Gasteiger partial charge in [0.2, 0.25) is 0 Å². The first-order valence-corrected chi connectivity index (χ1v) is 20.2. The Kier molecular flexibility index (Phi) is 22.3. The van der Waals surface area contributed by atoms with Gasteiger partial charge in [-0.1, -0.05) is 135 Å². The summed E-state index contributed by atoms with van der Waals surface area (Å²) in [5, 5.41) is 10.8. The standard InChI is InChI=1S/C38H68O.2C2H6.2C2H2.CH4/c1-11-27(12-2)24-26(3)25-29(35(4,5)6)15-13-14-28-16-17-32-33-19-18-30-31(20-21-34(39)36(30,7)8)38(33,10)23-22-37(28,32)9;4*1-2;/h18,26-29,31-34,39H,11-17,19-25H2,1-10H3;2*1-2H3;2*1-2H;1H4. The number of fused-ring (bicyclic) bond motifs is 5. The lowest BCUT2D eigenvalue weighted by Crippen LogP contribution is -2.54. The van der Waals surface area contributed by atoms with Gasteiger partial charge in [0.15, 0.2) is 0 Å². The molecule has 0 radical (unpaired) electrons. The van der Waals surface area contributed by atoms with Crippen molar-refractivity contribution >= 4 is 0 Å². The molecule has 282 valence electrons. The van der Waals surface area contributed by atoms with E-state index in [1.54, 1.807) is 5.57 Å². The van der Waals surface area contributed by atoms with E-state index < -0.39 is 0 Å². The minimum atomic E-state index is -0.163. The number of rotatable bonds is 10. The van der Waals surface area contributed by atoms with Gasteiger partial charge in [-0.15, -0.1) is 25.7 Å². The lowest BCUT2D eigenvalue weighted by molar-refractivity contribution is -0.0918. The Hall–Kier alpha value is -1.18. The van der Waals surface area contributed by atoms with Gasteiger partial charge in [0.05, 0.1) is 6.10 Å². The Bertz CT molecular complexity index is 918. The molecule has 1 N–H and O–H groups in total. The summed E-state index contributed by atoms with van der Waals surface area (Å²) in [7, 11) is 0. The van der Waals surface area contributed by atoms with Crippen molar-refractivity contribution in [1.82, 2.24) is 0 Å². The van der Waals surface area contributed by atoms with Crippen molar-refractivity contribution in [3.05, 3.63) is 11.6 Å². The average Bonchev–Trinajstić information content (AvgIpc) is 3.40. The SMILES string of the molecule is C.C#C.C#C.CC.CC.CCC(CC)CC(C)CC(CCCC1CCC2C3CC=C4C(CCC(O)C4(C)C)C3(C)CCC12C)C(C)(C)C. The summed E-state index contributed by atoms with van der Waals surface area (Å²) in [5.41, 5.74) is 3.00. The van der Waals surface area contributed by atoms with E-state index in [2.05, 4.69) is 101 Å².